The summed E-state index contributed by atoms with van der Waals surface area (Å²) in [5, 5.41) is -0.304. The van der Waals surface area contributed by atoms with E-state index in [2.05, 4.69) is 15.9 Å². The van der Waals surface area contributed by atoms with Crippen LogP contribution >= 0.6 is 15.9 Å². The quantitative estimate of drug-likeness (QED) is 0.444. The van der Waals surface area contributed by atoms with Gasteiger partial charge < -0.3 is 14.1 Å². The van der Waals surface area contributed by atoms with E-state index in [1.807, 2.05) is 0 Å². The molecule has 3 aromatic rings. The zero-order chi connectivity index (χ0) is 22.7. The maximum absolute atomic E-state index is 13.3. The summed E-state index contributed by atoms with van der Waals surface area (Å²) in [5.41, 5.74) is 0.743. The molecular weight excluding hydrogens is 501 g/mol. The average molecular weight is 522 g/mol. The van der Waals surface area contributed by atoms with E-state index in [0.29, 0.717) is 13.2 Å². The second kappa shape index (κ2) is 9.56. The van der Waals surface area contributed by atoms with Crippen molar-refractivity contribution in [1.82, 2.24) is 4.90 Å². The molecule has 1 aromatic heterocycles. The molecule has 2 heterocycles. The maximum atomic E-state index is 13.3. The van der Waals surface area contributed by atoms with Gasteiger partial charge in [-0.25, -0.2) is 12.8 Å². The smallest absolute Gasteiger partial charge is 0.290 e. The van der Waals surface area contributed by atoms with Crippen LogP contribution in [-0.4, -0.2) is 38.5 Å². The molecule has 2 aromatic carbocycles. The first-order valence-electron chi connectivity index (χ1n) is 10.1. The van der Waals surface area contributed by atoms with E-state index in [9.17, 15) is 17.6 Å². The van der Waals surface area contributed by atoms with Crippen molar-refractivity contribution in [2.45, 2.75) is 35.5 Å². The van der Waals surface area contributed by atoms with Gasteiger partial charge in [0.25, 0.3) is 5.91 Å². The molecule has 0 spiro atoms. The highest BCUT2D eigenvalue weighted by molar-refractivity contribution is 9.10. The van der Waals surface area contributed by atoms with Gasteiger partial charge in [-0.05, 0) is 66.9 Å². The van der Waals surface area contributed by atoms with Crippen LogP contribution in [0, 0.1) is 5.82 Å². The number of sulfone groups is 1. The van der Waals surface area contributed by atoms with E-state index in [4.69, 9.17) is 9.15 Å². The molecule has 9 heteroatoms. The molecule has 1 amide bonds. The molecule has 4 rings (SSSR count). The van der Waals surface area contributed by atoms with E-state index >= 15 is 0 Å². The molecule has 0 bridgehead atoms. The zero-order valence-electron chi connectivity index (χ0n) is 17.0. The predicted octanol–water partition coefficient (Wildman–Crippen LogP) is 4.84. The number of amides is 1. The van der Waals surface area contributed by atoms with Gasteiger partial charge in [-0.15, -0.1) is 0 Å². The third-order valence-corrected chi connectivity index (χ3v) is 7.37. The first-order valence-corrected chi connectivity index (χ1v) is 12.4. The molecule has 1 atom stereocenters. The zero-order valence-corrected chi connectivity index (χ0v) is 19.4. The van der Waals surface area contributed by atoms with Gasteiger partial charge in [0, 0.05) is 24.2 Å². The Morgan fingerprint density at radius 1 is 1.06 bits per heavy atom. The molecule has 1 aliphatic heterocycles. The molecule has 6 nitrogen and oxygen atoms in total. The Morgan fingerprint density at radius 3 is 2.44 bits per heavy atom. The van der Waals surface area contributed by atoms with Crippen molar-refractivity contribution in [2.75, 3.05) is 13.2 Å². The van der Waals surface area contributed by atoms with Crippen LogP contribution < -0.4 is 0 Å². The Kier molecular flexibility index (Phi) is 6.78. The van der Waals surface area contributed by atoms with E-state index < -0.39 is 15.7 Å². The largest absolute Gasteiger partial charge is 0.439 e. The van der Waals surface area contributed by atoms with Crippen LogP contribution in [0.1, 0.15) is 29.0 Å². The third-order valence-electron chi connectivity index (χ3n) is 5.20. The van der Waals surface area contributed by atoms with E-state index in [1.165, 1.54) is 41.3 Å². The summed E-state index contributed by atoms with van der Waals surface area (Å²) in [6.07, 6.45) is 1.63. The summed E-state index contributed by atoms with van der Waals surface area (Å²) in [4.78, 5) is 14.8. The van der Waals surface area contributed by atoms with Gasteiger partial charge >= 0.3 is 0 Å². The predicted molar refractivity (Wildman–Crippen MR) is 118 cm³/mol. The fraction of sp³-hybridized carbons (Fsp3) is 0.261. The van der Waals surface area contributed by atoms with E-state index in [1.54, 1.807) is 24.3 Å². The number of benzene rings is 2. The van der Waals surface area contributed by atoms with Crippen LogP contribution in [0.4, 0.5) is 4.39 Å². The Bertz CT molecular complexity index is 1190. The van der Waals surface area contributed by atoms with Gasteiger partial charge in [-0.3, -0.25) is 4.79 Å². The molecule has 32 heavy (non-hydrogen) atoms. The Morgan fingerprint density at radius 2 is 1.78 bits per heavy atom. The number of hydrogen-bond acceptors (Lipinski definition) is 5. The van der Waals surface area contributed by atoms with Crippen molar-refractivity contribution in [3.05, 3.63) is 82.3 Å². The summed E-state index contributed by atoms with van der Waals surface area (Å²) in [6, 6.07) is 14.7. The number of halogens is 2. The van der Waals surface area contributed by atoms with Crippen molar-refractivity contribution in [2.24, 2.45) is 0 Å². The SMILES string of the molecule is O=C(c1ccc(S(=O)(=O)c2ccc(Br)cc2)o1)N(Cc1ccc(F)cc1)CC1CCCO1. The first kappa shape index (κ1) is 22.7. The van der Waals surface area contributed by atoms with Gasteiger partial charge in [0.05, 0.1) is 11.0 Å². The highest BCUT2D eigenvalue weighted by atomic mass is 79.9. The molecule has 0 aliphatic carbocycles. The van der Waals surface area contributed by atoms with Gasteiger partial charge in [-0.2, -0.15) is 0 Å². The lowest BCUT2D eigenvalue weighted by atomic mass is 10.1. The van der Waals surface area contributed by atoms with Crippen LogP contribution in [0.3, 0.4) is 0 Å². The highest BCUT2D eigenvalue weighted by Crippen LogP contribution is 2.26. The van der Waals surface area contributed by atoms with E-state index in [-0.39, 0.29) is 34.2 Å². The number of hydrogen-bond donors (Lipinski definition) is 0. The topological polar surface area (TPSA) is 76.8 Å². The number of ether oxygens (including phenoxy) is 1. The van der Waals surface area contributed by atoms with Gasteiger partial charge in [0.1, 0.15) is 5.82 Å². The molecule has 1 saturated heterocycles. The number of nitrogens with zero attached hydrogens (tertiary/aromatic N) is 1. The minimum absolute atomic E-state index is 0.0663. The minimum atomic E-state index is -3.90. The lowest BCUT2D eigenvalue weighted by Gasteiger charge is -2.24. The van der Waals surface area contributed by atoms with Crippen LogP contribution in [0.25, 0.3) is 0 Å². The second-order valence-corrected chi connectivity index (χ2v) is 10.3. The molecule has 1 aliphatic rings. The van der Waals surface area contributed by atoms with Crippen molar-refractivity contribution in [3.8, 4) is 0 Å². The maximum Gasteiger partial charge on any atom is 0.290 e. The fourth-order valence-electron chi connectivity index (χ4n) is 3.53. The monoisotopic (exact) mass is 521 g/mol. The van der Waals surface area contributed by atoms with Crippen LogP contribution in [0.15, 0.2) is 79.5 Å². The molecule has 0 saturated carbocycles. The highest BCUT2D eigenvalue weighted by Gasteiger charge is 2.28. The lowest BCUT2D eigenvalue weighted by Crippen LogP contribution is -2.36. The molecule has 1 fully saturated rings. The van der Waals surface area contributed by atoms with Gasteiger partial charge in [0.15, 0.2) is 5.76 Å². The van der Waals surface area contributed by atoms with Crippen molar-refractivity contribution < 1.29 is 26.8 Å². The number of carbonyl (C=O) groups is 1. The third kappa shape index (κ3) is 5.11. The van der Waals surface area contributed by atoms with Gasteiger partial charge in [-0.1, -0.05) is 28.1 Å². The Labute approximate surface area is 194 Å². The van der Waals surface area contributed by atoms with Crippen LogP contribution in [0.5, 0.6) is 0 Å². The van der Waals surface area contributed by atoms with Crippen molar-refractivity contribution in [3.63, 3.8) is 0 Å². The Hall–Kier alpha value is -2.49. The standard InChI is InChI=1S/C23H21BrFNO5S/c24-17-5-9-20(10-6-17)32(28,29)22-12-11-21(31-22)23(27)26(15-19-2-1-13-30-19)14-16-3-7-18(25)8-4-16/h3-12,19H,1-2,13-15H2. The molecule has 0 radical (unpaired) electrons. The summed E-state index contributed by atoms with van der Waals surface area (Å²) < 4.78 is 50.9. The summed E-state index contributed by atoms with van der Waals surface area (Å²) in [5.74, 6) is -0.901. The lowest BCUT2D eigenvalue weighted by molar-refractivity contribution is 0.0480. The molecular formula is C23H21BrFNO5S. The summed E-state index contributed by atoms with van der Waals surface area (Å²) in [6.45, 7) is 1.18. The average Bonchev–Trinajstić information content (AvgIpc) is 3.47. The number of rotatable bonds is 7. The normalized spacial score (nSPS) is 16.2. The van der Waals surface area contributed by atoms with E-state index in [0.717, 1.165) is 22.9 Å². The van der Waals surface area contributed by atoms with Crippen LogP contribution in [-0.2, 0) is 21.1 Å². The Balaban J connectivity index is 1.58. The van der Waals surface area contributed by atoms with Crippen LogP contribution in [0.2, 0.25) is 0 Å². The fourth-order valence-corrected chi connectivity index (χ4v) is 4.97. The summed E-state index contributed by atoms with van der Waals surface area (Å²) >= 11 is 3.27. The molecule has 0 N–H and O–H groups in total. The van der Waals surface area contributed by atoms with Gasteiger partial charge in [0.2, 0.25) is 14.9 Å². The second-order valence-electron chi connectivity index (χ2n) is 7.52. The number of furan rings is 1. The number of carbonyl (C=O) groups excluding carboxylic acids is 1. The molecule has 168 valence electrons. The first-order chi connectivity index (χ1) is 15.3. The minimum Gasteiger partial charge on any atom is -0.439 e. The summed E-state index contributed by atoms with van der Waals surface area (Å²) in [7, 11) is -3.90. The molecule has 1 unspecified atom stereocenters. The van der Waals surface area contributed by atoms with Crippen molar-refractivity contribution >= 4 is 31.7 Å². The van der Waals surface area contributed by atoms with Crippen molar-refractivity contribution in [1.29, 1.82) is 0 Å².